The van der Waals surface area contributed by atoms with Crippen molar-refractivity contribution in [1.29, 1.82) is 0 Å². The zero-order chi connectivity index (χ0) is 21.0. The van der Waals surface area contributed by atoms with Gasteiger partial charge in [-0.3, -0.25) is 0 Å². The molecule has 1 nitrogen and oxygen atoms in total. The van der Waals surface area contributed by atoms with Crippen molar-refractivity contribution < 1.29 is 5.11 Å². The molecule has 0 spiro atoms. The van der Waals surface area contributed by atoms with Crippen molar-refractivity contribution in [3.63, 3.8) is 0 Å². The average Bonchev–Trinajstić information content (AvgIpc) is 3.06. The molecular formula is C28H46O. The van der Waals surface area contributed by atoms with E-state index in [0.717, 1.165) is 24.2 Å². The van der Waals surface area contributed by atoms with Gasteiger partial charge in [0.2, 0.25) is 0 Å². The van der Waals surface area contributed by atoms with Crippen molar-refractivity contribution in [1.82, 2.24) is 0 Å². The van der Waals surface area contributed by atoms with Crippen LogP contribution in [-0.2, 0) is 0 Å². The molecule has 3 fully saturated rings. The fourth-order valence-electron chi connectivity index (χ4n) is 8.46. The lowest BCUT2D eigenvalue weighted by atomic mass is 9.47. The van der Waals surface area contributed by atoms with E-state index in [-0.39, 0.29) is 6.10 Å². The third-order valence-corrected chi connectivity index (χ3v) is 10.6. The second-order valence-corrected chi connectivity index (χ2v) is 11.9. The minimum atomic E-state index is -0.0647. The van der Waals surface area contributed by atoms with Crippen molar-refractivity contribution in [2.24, 2.45) is 46.3 Å². The molecule has 0 bridgehead atoms. The summed E-state index contributed by atoms with van der Waals surface area (Å²) < 4.78 is 0. The molecule has 0 aromatic heterocycles. The number of aliphatic hydroxyl groups is 1. The molecule has 0 aliphatic heterocycles. The molecule has 0 aromatic rings. The Balaban J connectivity index is 1.61. The molecule has 4 aliphatic rings. The molecule has 4 aliphatic carbocycles. The highest BCUT2D eigenvalue weighted by Crippen LogP contribution is 2.66. The van der Waals surface area contributed by atoms with Crippen LogP contribution in [0.1, 0.15) is 99.3 Å². The molecule has 0 radical (unpaired) electrons. The zero-order valence-corrected chi connectivity index (χ0v) is 20.0. The van der Waals surface area contributed by atoms with Crippen molar-refractivity contribution >= 4 is 0 Å². The van der Waals surface area contributed by atoms with Crippen LogP contribution in [0.3, 0.4) is 0 Å². The summed E-state index contributed by atoms with van der Waals surface area (Å²) in [4.78, 5) is 0. The van der Waals surface area contributed by atoms with Gasteiger partial charge in [0.05, 0.1) is 6.10 Å². The maximum atomic E-state index is 10.5. The molecule has 9 atom stereocenters. The first-order valence-electron chi connectivity index (χ1n) is 12.8. The molecule has 3 saturated carbocycles. The first kappa shape index (κ1) is 21.7. The van der Waals surface area contributed by atoms with E-state index >= 15 is 0 Å². The maximum absolute atomic E-state index is 10.5. The third-order valence-electron chi connectivity index (χ3n) is 10.6. The van der Waals surface area contributed by atoms with E-state index in [2.05, 4.69) is 53.7 Å². The summed E-state index contributed by atoms with van der Waals surface area (Å²) in [5.74, 6) is 4.22. The van der Waals surface area contributed by atoms with Crippen molar-refractivity contribution in [3.8, 4) is 0 Å². The summed E-state index contributed by atoms with van der Waals surface area (Å²) in [6, 6.07) is 0. The van der Waals surface area contributed by atoms with Gasteiger partial charge in [-0.2, -0.15) is 0 Å². The average molecular weight is 399 g/mol. The molecule has 164 valence electrons. The lowest BCUT2D eigenvalue weighted by molar-refractivity contribution is -0.0777. The summed E-state index contributed by atoms with van der Waals surface area (Å²) in [5.41, 5.74) is 4.65. The van der Waals surface area contributed by atoms with E-state index in [4.69, 9.17) is 0 Å². The fraction of sp³-hybridized carbons (Fsp3) is 0.857. The van der Waals surface area contributed by atoms with Crippen LogP contribution in [0.2, 0.25) is 0 Å². The van der Waals surface area contributed by atoms with Gasteiger partial charge in [0.25, 0.3) is 0 Å². The molecule has 4 rings (SSSR count). The van der Waals surface area contributed by atoms with Gasteiger partial charge in [0.1, 0.15) is 0 Å². The molecule has 0 amide bonds. The molecule has 0 aromatic carbocycles. The highest BCUT2D eigenvalue weighted by molar-refractivity contribution is 5.35. The van der Waals surface area contributed by atoms with Crippen molar-refractivity contribution in [2.75, 3.05) is 0 Å². The van der Waals surface area contributed by atoms with Crippen LogP contribution in [0.5, 0.6) is 0 Å². The summed E-state index contributed by atoms with van der Waals surface area (Å²) in [7, 11) is 0. The monoisotopic (exact) mass is 398 g/mol. The van der Waals surface area contributed by atoms with E-state index in [9.17, 15) is 5.11 Å². The molecule has 0 heterocycles. The molecule has 0 saturated heterocycles. The van der Waals surface area contributed by atoms with E-state index in [1.165, 1.54) is 51.4 Å². The Morgan fingerprint density at radius 1 is 1.03 bits per heavy atom. The van der Waals surface area contributed by atoms with Crippen molar-refractivity contribution in [2.45, 2.75) is 105 Å². The number of rotatable bonds is 4. The third kappa shape index (κ3) is 3.38. The topological polar surface area (TPSA) is 20.2 Å². The van der Waals surface area contributed by atoms with Gasteiger partial charge in [0, 0.05) is 0 Å². The van der Waals surface area contributed by atoms with Gasteiger partial charge in [0.15, 0.2) is 0 Å². The number of aliphatic hydroxyl groups excluding tert-OH is 1. The maximum Gasteiger partial charge on any atom is 0.0568 e. The molecular weight excluding hydrogens is 352 g/mol. The number of hydrogen-bond acceptors (Lipinski definition) is 1. The Labute approximate surface area is 180 Å². The van der Waals surface area contributed by atoms with Gasteiger partial charge in [-0.15, -0.1) is 0 Å². The molecule has 29 heavy (non-hydrogen) atoms. The number of allylic oxidation sites excluding steroid dienone is 4. The van der Waals surface area contributed by atoms with Crippen LogP contribution >= 0.6 is 0 Å². The predicted octanol–water partition coefficient (Wildman–Crippen LogP) is 7.55. The minimum absolute atomic E-state index is 0.0647. The smallest absolute Gasteiger partial charge is 0.0568 e. The van der Waals surface area contributed by atoms with Crippen LogP contribution < -0.4 is 0 Å². The fourth-order valence-corrected chi connectivity index (χ4v) is 8.46. The summed E-state index contributed by atoms with van der Waals surface area (Å²) >= 11 is 0. The minimum Gasteiger partial charge on any atom is -0.393 e. The van der Waals surface area contributed by atoms with E-state index in [1.807, 2.05) is 11.1 Å². The molecule has 1 heteroatoms. The largest absolute Gasteiger partial charge is 0.393 e. The van der Waals surface area contributed by atoms with Crippen molar-refractivity contribution in [3.05, 3.63) is 23.3 Å². The Hall–Kier alpha value is -0.560. The quantitative estimate of drug-likeness (QED) is 0.484. The second kappa shape index (κ2) is 7.85. The SMILES string of the molecule is CCC(C)/C=C/C(C)C1CCC2=C3CCC4C(C)[C@@H](O)CC[C@]4(C)C3CC[C@@]21C. The van der Waals surface area contributed by atoms with Crippen LogP contribution in [0.15, 0.2) is 23.3 Å². The first-order valence-corrected chi connectivity index (χ1v) is 12.8. The van der Waals surface area contributed by atoms with Crippen LogP contribution in [-0.4, -0.2) is 11.2 Å². The Bertz CT molecular complexity index is 674. The molecule has 1 N–H and O–H groups in total. The highest BCUT2D eigenvalue weighted by atomic mass is 16.3. The van der Waals surface area contributed by atoms with Gasteiger partial charge >= 0.3 is 0 Å². The van der Waals surface area contributed by atoms with Gasteiger partial charge in [-0.1, -0.05) is 71.3 Å². The van der Waals surface area contributed by atoms with Gasteiger partial charge in [-0.25, -0.2) is 0 Å². The Morgan fingerprint density at radius 3 is 2.52 bits per heavy atom. The van der Waals surface area contributed by atoms with Gasteiger partial charge < -0.3 is 5.11 Å². The predicted molar refractivity (Wildman–Crippen MR) is 124 cm³/mol. The lowest BCUT2D eigenvalue weighted by Crippen LogP contribution is -2.51. The van der Waals surface area contributed by atoms with Gasteiger partial charge in [-0.05, 0) is 97.7 Å². The van der Waals surface area contributed by atoms with Crippen LogP contribution in [0.4, 0.5) is 0 Å². The van der Waals surface area contributed by atoms with E-state index in [0.29, 0.717) is 28.6 Å². The lowest BCUT2D eigenvalue weighted by Gasteiger charge is -2.58. The summed E-state index contributed by atoms with van der Waals surface area (Å²) in [6.45, 7) is 14.7. The standard InChI is InChI=1S/C28H46O/c1-7-18(2)8-9-19(3)22-12-13-24-21-10-11-23-20(4)26(29)15-17-28(23,6)25(21)14-16-27(22,24)5/h8-9,18-20,22-23,25-26,29H,7,10-17H2,1-6H3/b9-8+/t18?,19?,20?,22?,23?,25?,26-,27+,28-/m0/s1. The molecule has 6 unspecified atom stereocenters. The second-order valence-electron chi connectivity index (χ2n) is 11.9. The van der Waals surface area contributed by atoms with E-state index < -0.39 is 0 Å². The zero-order valence-electron chi connectivity index (χ0n) is 20.0. The number of hydrogen-bond donors (Lipinski definition) is 1. The highest BCUT2D eigenvalue weighted by Gasteiger charge is 2.56. The normalized spacial score (nSPS) is 46.9. The number of fused-ring (bicyclic) bond motifs is 4. The Kier molecular flexibility index (Phi) is 5.86. The Morgan fingerprint density at radius 2 is 1.79 bits per heavy atom. The summed E-state index contributed by atoms with van der Waals surface area (Å²) in [6.07, 6.45) is 16.6. The van der Waals surface area contributed by atoms with E-state index in [1.54, 1.807) is 0 Å². The van der Waals surface area contributed by atoms with Crippen LogP contribution in [0.25, 0.3) is 0 Å². The summed E-state index contributed by atoms with van der Waals surface area (Å²) in [5, 5.41) is 10.5. The first-order chi connectivity index (χ1) is 13.7. The van der Waals surface area contributed by atoms with Crippen LogP contribution in [0, 0.1) is 46.3 Å².